The van der Waals surface area contributed by atoms with Gasteiger partial charge in [-0.2, -0.15) is 4.39 Å². The minimum atomic E-state index is -1.51. The Morgan fingerprint density at radius 2 is 1.78 bits per heavy atom. The van der Waals surface area contributed by atoms with Gasteiger partial charge in [0.1, 0.15) is 29.9 Å². The van der Waals surface area contributed by atoms with Crippen LogP contribution in [0.3, 0.4) is 0 Å². The number of aliphatic hydroxyl groups is 3. The lowest BCUT2D eigenvalue weighted by Crippen LogP contribution is -2.62. The molecule has 8 unspecified atom stereocenters. The summed E-state index contributed by atoms with van der Waals surface area (Å²) in [5, 5.41) is 49.9. The Balaban J connectivity index is 2.10. The number of carbonyl (C=O) groups excluding carboxylic acids is 5. The second-order valence-corrected chi connectivity index (χ2v) is 14.6. The van der Waals surface area contributed by atoms with Crippen molar-refractivity contribution >= 4 is 29.8 Å². The topological polar surface area (TPSA) is 215 Å². The summed E-state index contributed by atoms with van der Waals surface area (Å²) in [6, 6.07) is -1.93. The number of nitrogens with zero attached hydrogens (tertiary/aromatic N) is 1. The lowest BCUT2D eigenvalue weighted by molar-refractivity contribution is -0.150. The summed E-state index contributed by atoms with van der Waals surface area (Å²) in [5.74, 6) is -8.96. The molecule has 0 radical (unpaired) electrons. The molecule has 1 saturated heterocycles. The number of allylic oxidation sites excluding steroid dienone is 4. The molecule has 16 heteroatoms. The van der Waals surface area contributed by atoms with Crippen LogP contribution in [0.2, 0.25) is 0 Å². The fourth-order valence-corrected chi connectivity index (χ4v) is 6.39. The maximum Gasteiger partial charge on any atom is 0.259 e. The number of aromatic hydroxyl groups is 1. The zero-order chi connectivity index (χ0) is 41.0. The number of rotatable bonds is 8. The van der Waals surface area contributed by atoms with E-state index in [1.54, 1.807) is 32.9 Å². The number of hydrogen-bond acceptors (Lipinski definition) is 11. The van der Waals surface area contributed by atoms with E-state index in [4.69, 9.17) is 4.74 Å². The number of hydrogen-bond donors (Lipinski definition) is 7. The van der Waals surface area contributed by atoms with Crippen molar-refractivity contribution in [1.29, 1.82) is 0 Å². The molecule has 3 rings (SSSR count). The van der Waals surface area contributed by atoms with E-state index in [-0.39, 0.29) is 49.3 Å². The highest BCUT2D eigenvalue weighted by molar-refractivity contribution is 5.93. The summed E-state index contributed by atoms with van der Waals surface area (Å²) in [6.07, 6.45) is 2.91. The van der Waals surface area contributed by atoms with Crippen molar-refractivity contribution in [3.63, 3.8) is 0 Å². The molecule has 304 valence electrons. The molecule has 3 amide bonds. The van der Waals surface area contributed by atoms with Crippen LogP contribution in [0.1, 0.15) is 78.7 Å². The van der Waals surface area contributed by atoms with Crippen molar-refractivity contribution in [3.8, 4) is 5.75 Å². The summed E-state index contributed by atoms with van der Waals surface area (Å²) in [4.78, 5) is 65.2. The second kappa shape index (κ2) is 21.0. The Hall–Kier alpha value is -4.51. The van der Waals surface area contributed by atoms with Crippen LogP contribution < -0.4 is 16.1 Å². The number of phenolic OH excluding ortho intramolecular Hbond substituents is 1. The van der Waals surface area contributed by atoms with Crippen LogP contribution in [-0.2, 0) is 35.1 Å². The Labute approximate surface area is 319 Å². The number of carbonyl (C=O) groups is 5. The van der Waals surface area contributed by atoms with Gasteiger partial charge in [-0.1, -0.05) is 45.1 Å². The summed E-state index contributed by atoms with van der Waals surface area (Å²) < 4.78 is 34.3. The fourth-order valence-electron chi connectivity index (χ4n) is 6.39. The van der Waals surface area contributed by atoms with Crippen LogP contribution in [-0.4, -0.2) is 98.4 Å². The molecule has 2 aliphatic heterocycles. The number of aliphatic hydroxyl groups excluding tert-OH is 3. The first-order valence-electron chi connectivity index (χ1n) is 18.5. The molecule has 7 N–H and O–H groups in total. The summed E-state index contributed by atoms with van der Waals surface area (Å²) in [5.41, 5.74) is 3.42. The van der Waals surface area contributed by atoms with E-state index in [0.29, 0.717) is 24.7 Å². The van der Waals surface area contributed by atoms with Crippen molar-refractivity contribution in [2.45, 2.75) is 116 Å². The third-order valence-corrected chi connectivity index (χ3v) is 9.82. The van der Waals surface area contributed by atoms with Crippen LogP contribution in [0.15, 0.2) is 47.8 Å². The van der Waals surface area contributed by atoms with Gasteiger partial charge in [0.25, 0.3) is 5.91 Å². The van der Waals surface area contributed by atoms with Crippen molar-refractivity contribution in [2.24, 2.45) is 17.8 Å². The van der Waals surface area contributed by atoms with E-state index < -0.39 is 95.9 Å². The van der Waals surface area contributed by atoms with Crippen LogP contribution in [0, 0.1) is 29.4 Å². The SMILES string of the molecule is CC(=O)CCC1C(=O)NC(C(C)C)C(=O)NC(Cc2cc(O)c(F)c(F)c2)C(=O)N2CCCC(N2)C(O)O/C(=C(/C)CC=O)CC=CC=CC(O)C(C)C1O. The van der Waals surface area contributed by atoms with E-state index in [2.05, 4.69) is 16.1 Å². The zero-order valence-electron chi connectivity index (χ0n) is 31.8. The van der Waals surface area contributed by atoms with E-state index in [1.165, 1.54) is 26.0 Å². The first-order valence-corrected chi connectivity index (χ1v) is 18.5. The molecule has 1 aromatic carbocycles. The molecule has 14 nitrogen and oxygen atoms in total. The molecule has 0 spiro atoms. The molecular weight excluding hydrogens is 722 g/mol. The van der Waals surface area contributed by atoms with Gasteiger partial charge < -0.3 is 45.4 Å². The maximum absolute atomic E-state index is 14.4. The van der Waals surface area contributed by atoms with Gasteiger partial charge in [-0.05, 0) is 62.3 Å². The van der Waals surface area contributed by atoms with E-state index in [9.17, 15) is 53.2 Å². The number of amides is 3. The van der Waals surface area contributed by atoms with Gasteiger partial charge >= 0.3 is 0 Å². The standard InChI is InChI=1S/C39H54F2N4O10/c1-21(2)34-37(52)42-29(19-25-18-27(40)33(41)31(49)20-25)38(53)45-16-9-10-28(44-45)39(54)55-32(22(3)15-17-46)12-8-6-7-11-30(48)24(5)35(50)26(36(51)43-34)14-13-23(4)47/h6-8,11,17-18,20-21,24,26,28-30,34-35,39,44,48-50,54H,9-10,12-16,19H2,1-5H3,(H,42,52)(H,43,51)/b8-6?,11-7?,32-22-. The van der Waals surface area contributed by atoms with Crippen molar-refractivity contribution < 1.29 is 57.9 Å². The third-order valence-electron chi connectivity index (χ3n) is 9.82. The van der Waals surface area contributed by atoms with Gasteiger partial charge in [0, 0.05) is 38.1 Å². The number of hydrazine groups is 1. The Bertz CT molecular complexity index is 1610. The molecule has 2 bridgehead atoms. The zero-order valence-corrected chi connectivity index (χ0v) is 31.8. The van der Waals surface area contributed by atoms with E-state index in [0.717, 1.165) is 17.1 Å². The lowest BCUT2D eigenvalue weighted by atomic mass is 9.84. The Morgan fingerprint density at radius 3 is 2.42 bits per heavy atom. The van der Waals surface area contributed by atoms with Gasteiger partial charge in [-0.3, -0.25) is 19.4 Å². The maximum atomic E-state index is 14.4. The van der Waals surface area contributed by atoms with E-state index >= 15 is 0 Å². The number of halogens is 2. The number of Topliss-reactive ketones (excluding diaryl/α,β-unsaturated/α-hetero) is 1. The predicted molar refractivity (Wildman–Crippen MR) is 196 cm³/mol. The van der Waals surface area contributed by atoms with Crippen molar-refractivity contribution in [1.82, 2.24) is 21.1 Å². The Kier molecular flexibility index (Phi) is 17.1. The third kappa shape index (κ3) is 12.8. The number of phenols is 1. The molecule has 0 aromatic heterocycles. The predicted octanol–water partition coefficient (Wildman–Crippen LogP) is 2.39. The molecule has 1 fully saturated rings. The highest BCUT2D eigenvalue weighted by Gasteiger charge is 2.38. The molecule has 0 aliphatic carbocycles. The normalized spacial score (nSPS) is 28.7. The monoisotopic (exact) mass is 776 g/mol. The van der Waals surface area contributed by atoms with Crippen LogP contribution >= 0.6 is 0 Å². The average Bonchev–Trinajstić information content (AvgIpc) is 3.13. The molecule has 1 aromatic rings. The van der Waals surface area contributed by atoms with Gasteiger partial charge in [0.05, 0.1) is 24.2 Å². The minimum Gasteiger partial charge on any atom is -0.505 e. The van der Waals surface area contributed by atoms with Gasteiger partial charge in [-0.25, -0.2) is 9.82 Å². The molecular formula is C39H54F2N4O10. The number of ketones is 1. The lowest BCUT2D eigenvalue weighted by Gasteiger charge is -2.38. The van der Waals surface area contributed by atoms with Gasteiger partial charge in [0.2, 0.25) is 18.1 Å². The molecule has 8 atom stereocenters. The number of nitrogens with one attached hydrogen (secondary N) is 3. The van der Waals surface area contributed by atoms with Gasteiger partial charge in [-0.15, -0.1) is 0 Å². The molecule has 0 saturated carbocycles. The average molecular weight is 777 g/mol. The van der Waals surface area contributed by atoms with Crippen molar-refractivity contribution in [2.75, 3.05) is 6.54 Å². The van der Waals surface area contributed by atoms with Crippen LogP contribution in [0.25, 0.3) is 0 Å². The number of ether oxygens (including phenoxy) is 1. The second-order valence-electron chi connectivity index (χ2n) is 14.6. The largest absolute Gasteiger partial charge is 0.505 e. The number of aldehydes is 1. The first kappa shape index (κ1) is 44.9. The highest BCUT2D eigenvalue weighted by Crippen LogP contribution is 2.26. The molecule has 55 heavy (non-hydrogen) atoms. The highest BCUT2D eigenvalue weighted by atomic mass is 19.2. The van der Waals surface area contributed by atoms with E-state index in [1.807, 2.05) is 0 Å². The minimum absolute atomic E-state index is 0.0131. The van der Waals surface area contributed by atoms with Crippen LogP contribution in [0.4, 0.5) is 8.78 Å². The summed E-state index contributed by atoms with van der Waals surface area (Å²) >= 11 is 0. The molecule has 2 aliphatic rings. The van der Waals surface area contributed by atoms with Crippen molar-refractivity contribution in [3.05, 3.63) is 65.0 Å². The summed E-state index contributed by atoms with van der Waals surface area (Å²) in [6.45, 7) is 7.88. The number of fused-ring (bicyclic) bond motifs is 2. The first-order chi connectivity index (χ1) is 25.9. The summed E-state index contributed by atoms with van der Waals surface area (Å²) in [7, 11) is 0. The number of benzene rings is 1. The molecule has 2 heterocycles. The quantitative estimate of drug-likeness (QED) is 0.191. The Morgan fingerprint density at radius 1 is 1.07 bits per heavy atom. The van der Waals surface area contributed by atoms with Crippen LogP contribution in [0.5, 0.6) is 5.75 Å². The van der Waals surface area contributed by atoms with Gasteiger partial charge in [0.15, 0.2) is 17.4 Å². The fraction of sp³-hybridized carbons (Fsp3) is 0.564. The smallest absolute Gasteiger partial charge is 0.259 e.